The maximum Gasteiger partial charge on any atom is 0.128 e. The Bertz CT molecular complexity index is 313. The van der Waals surface area contributed by atoms with E-state index in [9.17, 15) is 5.11 Å². The number of pyridine rings is 1. The molecule has 1 aliphatic heterocycles. The third-order valence-corrected chi connectivity index (χ3v) is 3.18. The van der Waals surface area contributed by atoms with Crippen molar-refractivity contribution >= 4 is 5.82 Å². The molecule has 1 atom stereocenters. The van der Waals surface area contributed by atoms with Crippen molar-refractivity contribution in [3.05, 3.63) is 23.9 Å². The van der Waals surface area contributed by atoms with Crippen LogP contribution in [0.15, 0.2) is 18.3 Å². The van der Waals surface area contributed by atoms with Gasteiger partial charge in [-0.2, -0.15) is 0 Å². The molecule has 0 aromatic carbocycles. The quantitative estimate of drug-likeness (QED) is 0.832. The van der Waals surface area contributed by atoms with Gasteiger partial charge in [-0.3, -0.25) is 0 Å². The summed E-state index contributed by atoms with van der Waals surface area (Å²) in [4.78, 5) is 6.78. The largest absolute Gasteiger partial charge is 0.389 e. The number of nitrogens with zero attached hydrogens (tertiary/aromatic N) is 2. The molecule has 1 aromatic rings. The number of aromatic nitrogens is 1. The molecule has 1 aliphatic rings. The molecule has 1 fully saturated rings. The lowest BCUT2D eigenvalue weighted by atomic mass is 10.2. The maximum absolute atomic E-state index is 9.42. The zero-order valence-corrected chi connectivity index (χ0v) is 9.89. The summed E-state index contributed by atoms with van der Waals surface area (Å²) in [5.41, 5.74) is 0.888. The van der Waals surface area contributed by atoms with Crippen LogP contribution in [0.2, 0.25) is 0 Å². The fourth-order valence-electron chi connectivity index (χ4n) is 2.13. The van der Waals surface area contributed by atoms with Gasteiger partial charge in [0.25, 0.3) is 0 Å². The van der Waals surface area contributed by atoms with Crippen LogP contribution in [0, 0.1) is 0 Å². The Morgan fingerprint density at radius 2 is 1.88 bits per heavy atom. The Morgan fingerprint density at radius 3 is 2.38 bits per heavy atom. The number of hydrogen-bond acceptors (Lipinski definition) is 3. The summed E-state index contributed by atoms with van der Waals surface area (Å²) in [6.45, 7) is 3.99. The van der Waals surface area contributed by atoms with E-state index < -0.39 is 6.10 Å². The van der Waals surface area contributed by atoms with Crippen LogP contribution in [0.25, 0.3) is 0 Å². The highest BCUT2D eigenvalue weighted by Gasteiger charge is 2.11. The summed E-state index contributed by atoms with van der Waals surface area (Å²) >= 11 is 0. The molecule has 88 valence electrons. The molecule has 0 unspecified atom stereocenters. The molecule has 1 aromatic heterocycles. The zero-order chi connectivity index (χ0) is 11.4. The number of aliphatic hydroxyl groups excluding tert-OH is 1. The second-order valence-corrected chi connectivity index (χ2v) is 4.53. The molecule has 2 heterocycles. The number of anilines is 1. The van der Waals surface area contributed by atoms with E-state index >= 15 is 0 Å². The minimum Gasteiger partial charge on any atom is -0.389 e. The first-order valence-corrected chi connectivity index (χ1v) is 6.16. The Balaban J connectivity index is 2.07. The molecule has 0 radical (unpaired) electrons. The number of rotatable bonds is 2. The smallest absolute Gasteiger partial charge is 0.128 e. The molecule has 3 heteroatoms. The van der Waals surface area contributed by atoms with Crippen LogP contribution in [0.5, 0.6) is 0 Å². The number of hydrogen-bond donors (Lipinski definition) is 1. The highest BCUT2D eigenvalue weighted by Crippen LogP contribution is 2.19. The van der Waals surface area contributed by atoms with E-state index in [2.05, 4.69) is 9.88 Å². The van der Waals surface area contributed by atoms with Gasteiger partial charge in [-0.1, -0.05) is 18.9 Å². The molecule has 0 aliphatic carbocycles. The predicted molar refractivity (Wildman–Crippen MR) is 65.6 cm³/mol. The molecule has 0 bridgehead atoms. The van der Waals surface area contributed by atoms with Gasteiger partial charge in [0.05, 0.1) is 6.10 Å². The minimum atomic E-state index is -0.425. The summed E-state index contributed by atoms with van der Waals surface area (Å²) in [6, 6.07) is 3.99. The average Bonchev–Trinajstić information content (AvgIpc) is 2.57. The third kappa shape index (κ3) is 2.73. The van der Waals surface area contributed by atoms with Gasteiger partial charge in [0.15, 0.2) is 0 Å². The highest BCUT2D eigenvalue weighted by molar-refractivity contribution is 5.39. The van der Waals surface area contributed by atoms with E-state index in [1.54, 1.807) is 13.1 Å². The molecule has 2 rings (SSSR count). The van der Waals surface area contributed by atoms with E-state index in [4.69, 9.17) is 0 Å². The summed E-state index contributed by atoms with van der Waals surface area (Å²) < 4.78 is 0. The molecule has 1 N–H and O–H groups in total. The molecule has 16 heavy (non-hydrogen) atoms. The van der Waals surface area contributed by atoms with Gasteiger partial charge in [0.2, 0.25) is 0 Å². The summed E-state index contributed by atoms with van der Waals surface area (Å²) in [6.07, 6.45) is 6.56. The van der Waals surface area contributed by atoms with Crippen molar-refractivity contribution in [3.63, 3.8) is 0 Å². The monoisotopic (exact) mass is 220 g/mol. The van der Waals surface area contributed by atoms with E-state index in [0.29, 0.717) is 0 Å². The van der Waals surface area contributed by atoms with Crippen molar-refractivity contribution < 1.29 is 5.11 Å². The first-order chi connectivity index (χ1) is 7.77. The van der Waals surface area contributed by atoms with E-state index in [0.717, 1.165) is 24.5 Å². The molecule has 0 amide bonds. The molecule has 0 spiro atoms. The van der Waals surface area contributed by atoms with Crippen molar-refractivity contribution in [1.82, 2.24) is 4.98 Å². The van der Waals surface area contributed by atoms with Crippen LogP contribution in [-0.4, -0.2) is 23.2 Å². The zero-order valence-electron chi connectivity index (χ0n) is 9.89. The lowest BCUT2D eigenvalue weighted by Crippen LogP contribution is -2.24. The molecular formula is C13H20N2O. The number of aliphatic hydroxyl groups is 1. The Morgan fingerprint density at radius 1 is 1.19 bits per heavy atom. The molecular weight excluding hydrogens is 200 g/mol. The average molecular weight is 220 g/mol. The van der Waals surface area contributed by atoms with Crippen molar-refractivity contribution in [2.24, 2.45) is 0 Å². The molecule has 3 nitrogen and oxygen atoms in total. The van der Waals surface area contributed by atoms with Crippen molar-refractivity contribution in [2.75, 3.05) is 18.0 Å². The third-order valence-electron chi connectivity index (χ3n) is 3.18. The van der Waals surface area contributed by atoms with Crippen LogP contribution < -0.4 is 4.90 Å². The summed E-state index contributed by atoms with van der Waals surface area (Å²) in [5, 5.41) is 9.42. The van der Waals surface area contributed by atoms with Gasteiger partial charge < -0.3 is 10.0 Å². The van der Waals surface area contributed by atoms with Crippen molar-refractivity contribution in [3.8, 4) is 0 Å². The SMILES string of the molecule is C[C@H](O)c1ccc(N2CCCCCC2)nc1. The lowest BCUT2D eigenvalue weighted by molar-refractivity contribution is 0.199. The Labute approximate surface area is 97.1 Å². The Kier molecular flexibility index (Phi) is 3.78. The van der Waals surface area contributed by atoms with Gasteiger partial charge in [0, 0.05) is 19.3 Å². The van der Waals surface area contributed by atoms with Crippen LogP contribution in [0.3, 0.4) is 0 Å². The van der Waals surface area contributed by atoms with Crippen LogP contribution >= 0.6 is 0 Å². The second kappa shape index (κ2) is 5.30. The van der Waals surface area contributed by atoms with E-state index in [1.807, 2.05) is 12.1 Å². The summed E-state index contributed by atoms with van der Waals surface area (Å²) in [5.74, 6) is 1.05. The van der Waals surface area contributed by atoms with Gasteiger partial charge in [-0.15, -0.1) is 0 Å². The summed E-state index contributed by atoms with van der Waals surface area (Å²) in [7, 11) is 0. The topological polar surface area (TPSA) is 36.4 Å². The lowest BCUT2D eigenvalue weighted by Gasteiger charge is -2.21. The fraction of sp³-hybridized carbons (Fsp3) is 0.615. The minimum absolute atomic E-state index is 0.425. The van der Waals surface area contributed by atoms with Gasteiger partial charge in [-0.05, 0) is 31.4 Å². The van der Waals surface area contributed by atoms with Gasteiger partial charge in [0.1, 0.15) is 5.82 Å². The molecule has 0 saturated carbocycles. The van der Waals surface area contributed by atoms with Gasteiger partial charge >= 0.3 is 0 Å². The first-order valence-electron chi connectivity index (χ1n) is 6.16. The second-order valence-electron chi connectivity index (χ2n) is 4.53. The van der Waals surface area contributed by atoms with Crippen molar-refractivity contribution in [1.29, 1.82) is 0 Å². The van der Waals surface area contributed by atoms with E-state index in [1.165, 1.54) is 25.7 Å². The van der Waals surface area contributed by atoms with Crippen LogP contribution in [-0.2, 0) is 0 Å². The predicted octanol–water partition coefficient (Wildman–Crippen LogP) is 2.52. The maximum atomic E-state index is 9.42. The van der Waals surface area contributed by atoms with Gasteiger partial charge in [-0.25, -0.2) is 4.98 Å². The fourth-order valence-corrected chi connectivity index (χ4v) is 2.13. The highest BCUT2D eigenvalue weighted by atomic mass is 16.3. The van der Waals surface area contributed by atoms with Crippen LogP contribution in [0.4, 0.5) is 5.82 Å². The molecule has 1 saturated heterocycles. The van der Waals surface area contributed by atoms with E-state index in [-0.39, 0.29) is 0 Å². The standard InChI is InChI=1S/C13H20N2O/c1-11(16)12-6-7-13(14-10-12)15-8-4-2-3-5-9-15/h6-7,10-11,16H,2-5,8-9H2,1H3/t11-/m0/s1. The van der Waals surface area contributed by atoms with Crippen molar-refractivity contribution in [2.45, 2.75) is 38.7 Å². The first kappa shape index (κ1) is 11.4. The Hall–Kier alpha value is -1.09. The van der Waals surface area contributed by atoms with Crippen LogP contribution in [0.1, 0.15) is 44.3 Å². The normalized spacial score (nSPS) is 19.2.